The van der Waals surface area contributed by atoms with Gasteiger partial charge in [0.25, 0.3) is 0 Å². The standard InChI is InChI=1S/3C22H19F5OS.O.Sb/c3*1-15-6-10-18(11-7-15)29(28,19-12-8-16(2)9-13-19)20-5-3-4-17(14-20)21(23,24)22(25,26)27;;/h3*3-14,28H,1-2H3;;/q;;;;+3/p-3. The van der Waals surface area contributed by atoms with Crippen molar-refractivity contribution in [3.05, 3.63) is 268 Å². The van der Waals surface area contributed by atoms with Crippen molar-refractivity contribution < 1.29 is 76.3 Å². The van der Waals surface area contributed by atoms with Crippen LogP contribution in [0, 0.1) is 41.5 Å². The molecule has 0 N–H and O–H groups in total. The molecule has 470 valence electrons. The van der Waals surface area contributed by atoms with Crippen molar-refractivity contribution in [2.45, 2.75) is 122 Å². The number of hydrogen-bond acceptors (Lipinski definition) is 4. The van der Waals surface area contributed by atoms with Crippen LogP contribution in [0.1, 0.15) is 50.1 Å². The fourth-order valence-electron chi connectivity index (χ4n) is 9.54. The summed E-state index contributed by atoms with van der Waals surface area (Å²) in [6, 6.07) is 43.7. The molecule has 0 fully saturated rings. The van der Waals surface area contributed by atoms with Crippen molar-refractivity contribution in [1.82, 2.24) is 0 Å². The third kappa shape index (κ3) is 12.8. The first-order chi connectivity index (χ1) is 41.5. The molecule has 4 nitrogen and oxygen atoms in total. The number of aryl methyl sites for hydroxylation is 6. The maximum absolute atomic E-state index is 18.6. The van der Waals surface area contributed by atoms with Crippen LogP contribution in [-0.4, -0.2) is 38.6 Å². The van der Waals surface area contributed by atoms with Gasteiger partial charge < -0.3 is 0 Å². The van der Waals surface area contributed by atoms with Crippen molar-refractivity contribution in [2.24, 2.45) is 0 Å². The average Bonchev–Trinajstić information content (AvgIpc) is 1.00. The number of benzene rings is 9. The number of halogens is 15. The van der Waals surface area contributed by atoms with E-state index in [1.807, 2.05) is 0 Å². The molecule has 9 aromatic carbocycles. The average molecular weight is 1410 g/mol. The fourth-order valence-corrected chi connectivity index (χ4v) is 34.3. The van der Waals surface area contributed by atoms with Crippen molar-refractivity contribution in [1.29, 1.82) is 0 Å². The summed E-state index contributed by atoms with van der Waals surface area (Å²) in [4.78, 5) is -2.21. The van der Waals surface area contributed by atoms with Crippen molar-refractivity contribution in [3.63, 3.8) is 0 Å². The summed E-state index contributed by atoms with van der Waals surface area (Å²) in [7, 11) is -13.2. The van der Waals surface area contributed by atoms with Crippen LogP contribution >= 0.6 is 30.9 Å². The minimum atomic E-state index is -8.20. The molecular weight excluding hydrogens is 1360 g/mol. The summed E-state index contributed by atoms with van der Waals surface area (Å²) in [6.07, 6.45) is -18.7. The van der Waals surface area contributed by atoms with Gasteiger partial charge in [-0.3, -0.25) is 0 Å². The van der Waals surface area contributed by atoms with Gasteiger partial charge in [0, 0.05) is 0 Å². The van der Waals surface area contributed by atoms with Crippen molar-refractivity contribution in [3.8, 4) is 0 Å². The van der Waals surface area contributed by atoms with Crippen molar-refractivity contribution in [2.75, 3.05) is 0 Å². The molecule has 0 aliphatic heterocycles. The number of hydrogen-bond donors (Lipinski definition) is 0. The van der Waals surface area contributed by atoms with E-state index in [1.165, 1.54) is 146 Å². The van der Waals surface area contributed by atoms with Gasteiger partial charge in [-0.1, -0.05) is 0 Å². The number of rotatable bonds is 18. The molecule has 0 heterocycles. The van der Waals surface area contributed by atoms with Gasteiger partial charge in [0.1, 0.15) is 0 Å². The normalized spacial score (nSPS) is 13.9. The van der Waals surface area contributed by atoms with E-state index in [4.69, 9.17) is 7.38 Å². The Kier molecular flexibility index (Phi) is 18.5. The molecule has 0 radical (unpaired) electrons. The molecule has 9 rings (SSSR count). The van der Waals surface area contributed by atoms with Gasteiger partial charge in [-0.2, -0.15) is 0 Å². The molecule has 0 amide bonds. The van der Waals surface area contributed by atoms with E-state index >= 15 is 29.4 Å². The molecule has 0 saturated carbocycles. The Morgan fingerprint density at radius 3 is 0.584 bits per heavy atom. The fraction of sp³-hybridized carbons (Fsp3) is 0.182. The van der Waals surface area contributed by atoms with E-state index in [1.54, 1.807) is 41.5 Å². The summed E-state index contributed by atoms with van der Waals surface area (Å²) in [5, 5.41) is 0. The molecule has 9 aromatic rings. The van der Waals surface area contributed by atoms with E-state index in [9.17, 15) is 39.5 Å². The zero-order chi connectivity index (χ0) is 65.0. The second-order valence-electron chi connectivity index (χ2n) is 21.0. The first-order valence-electron chi connectivity index (χ1n) is 26.8. The van der Waals surface area contributed by atoms with Gasteiger partial charge in [0.15, 0.2) is 0 Å². The second-order valence-corrected chi connectivity index (χ2v) is 35.4. The maximum atomic E-state index is 18.6. The molecule has 89 heavy (non-hydrogen) atoms. The van der Waals surface area contributed by atoms with Gasteiger partial charge in [0.2, 0.25) is 0 Å². The summed E-state index contributed by atoms with van der Waals surface area (Å²) in [5.41, 5.74) is -1.66. The Hall–Kier alpha value is -6.52. The molecule has 23 heteroatoms. The monoisotopic (exact) mass is 1410 g/mol. The Labute approximate surface area is 514 Å². The Morgan fingerprint density at radius 1 is 0.258 bits per heavy atom. The van der Waals surface area contributed by atoms with Gasteiger partial charge >= 0.3 is 518 Å². The van der Waals surface area contributed by atoms with E-state index < -0.39 is 119 Å². The Morgan fingerprint density at radius 2 is 0.427 bits per heavy atom. The third-order valence-corrected chi connectivity index (χ3v) is 34.4. The quantitative estimate of drug-likeness (QED) is 0.0634. The van der Waals surface area contributed by atoms with Crippen LogP contribution in [0.3, 0.4) is 0 Å². The van der Waals surface area contributed by atoms with Crippen LogP contribution in [0.15, 0.2) is 262 Å². The molecule has 0 unspecified atom stereocenters. The summed E-state index contributed by atoms with van der Waals surface area (Å²) < 4.78 is 269. The van der Waals surface area contributed by atoms with Gasteiger partial charge in [-0.25, -0.2) is 0 Å². The second kappa shape index (κ2) is 24.6. The van der Waals surface area contributed by atoms with Gasteiger partial charge in [0.05, 0.1) is 0 Å². The summed E-state index contributed by atoms with van der Waals surface area (Å²) in [6.45, 7) is 9.89. The van der Waals surface area contributed by atoms with E-state index in [0.29, 0.717) is 69.8 Å². The summed E-state index contributed by atoms with van der Waals surface area (Å²) >= 11 is -8.20. The predicted molar refractivity (Wildman–Crippen MR) is 313 cm³/mol. The number of alkyl halides is 15. The molecule has 0 aliphatic carbocycles. The molecule has 0 spiro atoms. The molecular formula is C66H54F15O4S3Sb. The minimum absolute atomic E-state index is 0.1000. The van der Waals surface area contributed by atoms with Crippen molar-refractivity contribution >= 4 is 51.0 Å². The molecule has 0 atom stereocenters. The van der Waals surface area contributed by atoms with Crippen LogP contribution < -0.4 is 0 Å². The Bertz CT molecular complexity index is 3480. The van der Waals surface area contributed by atoms with Gasteiger partial charge in [-0.05, 0) is 0 Å². The molecule has 0 saturated heterocycles. The van der Waals surface area contributed by atoms with Crippen LogP contribution in [0.25, 0.3) is 0 Å². The van der Waals surface area contributed by atoms with Crippen LogP contribution in [-0.2, 0) is 28.2 Å². The zero-order valence-corrected chi connectivity index (χ0v) is 52.8. The van der Waals surface area contributed by atoms with Gasteiger partial charge in [-0.15, -0.1) is 0 Å². The van der Waals surface area contributed by atoms with Crippen LogP contribution in [0.5, 0.6) is 0 Å². The zero-order valence-electron chi connectivity index (χ0n) is 47.8. The molecule has 0 aromatic heterocycles. The predicted octanol–water partition coefficient (Wildman–Crippen LogP) is 22.4. The first-order valence-corrected chi connectivity index (χ1v) is 35.6. The van der Waals surface area contributed by atoms with Crippen LogP contribution in [0.4, 0.5) is 65.9 Å². The van der Waals surface area contributed by atoms with E-state index in [-0.39, 0.29) is 29.4 Å². The van der Waals surface area contributed by atoms with E-state index in [2.05, 4.69) is 0 Å². The topological polar surface area (TPSA) is 44.8 Å². The van der Waals surface area contributed by atoms with Crippen LogP contribution in [0.2, 0.25) is 0 Å². The molecule has 0 bridgehead atoms. The SMILES string of the molecule is Cc1ccc(S([O][Sb](=[O])([O]S(c2ccc(C)cc2)(c2ccc(C)cc2)c2cccc(C(F)(F)C(F)(F)F)c2)[O]S(c2ccc(C)cc2)(c2ccc(C)cc2)c2cccc(C(F)(F)C(F)(F)F)c2)(c2ccc(C)cc2)c2cccc(C(F)(F)C(F)(F)F)c2)cc1. The third-order valence-electron chi connectivity index (χ3n) is 14.4. The molecule has 0 aliphatic rings. The Balaban J connectivity index is 1.54. The summed E-state index contributed by atoms with van der Waals surface area (Å²) in [5.74, 6) is -16.8. The van der Waals surface area contributed by atoms with E-state index in [0.717, 1.165) is 36.4 Å². The first kappa shape index (κ1) is 66.9.